The lowest BCUT2D eigenvalue weighted by Gasteiger charge is -2.24. The summed E-state index contributed by atoms with van der Waals surface area (Å²) < 4.78 is 13.5. The molecule has 0 aliphatic heterocycles. The number of benzene rings is 1. The van der Waals surface area contributed by atoms with Gasteiger partial charge >= 0.3 is 0 Å². The second-order valence-electron chi connectivity index (χ2n) is 4.14. The molecule has 0 bridgehead atoms. The Bertz CT molecular complexity index is 407. The van der Waals surface area contributed by atoms with Gasteiger partial charge in [-0.05, 0) is 26.0 Å². The van der Waals surface area contributed by atoms with Gasteiger partial charge in [-0.25, -0.2) is 4.39 Å². The molecule has 0 aliphatic carbocycles. The minimum atomic E-state index is -0.713. The molecule has 0 radical (unpaired) electrons. The van der Waals surface area contributed by atoms with Crippen molar-refractivity contribution in [3.05, 3.63) is 34.6 Å². The Kier molecular flexibility index (Phi) is 3.88. The van der Waals surface area contributed by atoms with E-state index < -0.39 is 17.3 Å². The molecule has 1 aromatic rings. The molecule has 5 heteroatoms. The van der Waals surface area contributed by atoms with Gasteiger partial charge in [-0.15, -0.1) is 0 Å². The molecule has 1 amide bonds. The van der Waals surface area contributed by atoms with Crippen LogP contribution in [0.5, 0.6) is 0 Å². The van der Waals surface area contributed by atoms with Crippen molar-refractivity contribution in [1.82, 2.24) is 5.32 Å². The lowest BCUT2D eigenvalue weighted by atomic mass is 10.1. The Hall–Kier alpha value is -1.13. The molecule has 0 aliphatic rings. The number of nitrogens with one attached hydrogen (secondary N) is 1. The summed E-state index contributed by atoms with van der Waals surface area (Å²) >= 11 is 5.58. The second-order valence-corrected chi connectivity index (χ2v) is 4.55. The summed E-state index contributed by atoms with van der Waals surface area (Å²) in [7, 11) is 0. The fourth-order valence-corrected chi connectivity index (χ4v) is 1.28. The Labute approximate surface area is 98.8 Å². The van der Waals surface area contributed by atoms with Crippen LogP contribution < -0.4 is 11.1 Å². The van der Waals surface area contributed by atoms with Gasteiger partial charge in [0, 0.05) is 12.1 Å². The summed E-state index contributed by atoms with van der Waals surface area (Å²) in [5, 5.41) is 2.56. The van der Waals surface area contributed by atoms with Crippen molar-refractivity contribution in [2.75, 3.05) is 6.54 Å². The number of hydrogen-bond donors (Lipinski definition) is 2. The first-order chi connectivity index (χ1) is 7.37. The molecule has 1 aromatic carbocycles. The molecule has 0 saturated carbocycles. The van der Waals surface area contributed by atoms with Gasteiger partial charge in [-0.3, -0.25) is 4.79 Å². The third-order valence-corrected chi connectivity index (χ3v) is 2.45. The van der Waals surface area contributed by atoms with Gasteiger partial charge in [-0.1, -0.05) is 17.7 Å². The highest BCUT2D eigenvalue weighted by atomic mass is 35.5. The van der Waals surface area contributed by atoms with E-state index in [-0.39, 0.29) is 17.1 Å². The maximum Gasteiger partial charge on any atom is 0.254 e. The summed E-state index contributed by atoms with van der Waals surface area (Å²) in [5.41, 5.74) is 4.81. The van der Waals surface area contributed by atoms with Gasteiger partial charge in [0.2, 0.25) is 0 Å². The number of carbonyl (C=O) groups is 1. The van der Waals surface area contributed by atoms with Gasteiger partial charge in [0.05, 0.1) is 10.6 Å². The minimum Gasteiger partial charge on any atom is -0.346 e. The van der Waals surface area contributed by atoms with E-state index >= 15 is 0 Å². The van der Waals surface area contributed by atoms with Gasteiger partial charge in [-0.2, -0.15) is 0 Å². The van der Waals surface area contributed by atoms with Crippen LogP contribution in [0.15, 0.2) is 18.2 Å². The zero-order valence-electron chi connectivity index (χ0n) is 9.18. The summed E-state index contributed by atoms with van der Waals surface area (Å²) in [6, 6.07) is 4.29. The largest absolute Gasteiger partial charge is 0.346 e. The van der Waals surface area contributed by atoms with Crippen LogP contribution in [0.2, 0.25) is 5.02 Å². The standard InChI is InChI=1S/C11H14ClFN2O/c1-11(2,6-14)15-10(16)7-4-3-5-8(12)9(7)13/h3-5H,6,14H2,1-2H3,(H,15,16). The highest BCUT2D eigenvalue weighted by Crippen LogP contribution is 2.18. The van der Waals surface area contributed by atoms with E-state index in [1.807, 2.05) is 0 Å². The topological polar surface area (TPSA) is 55.1 Å². The first kappa shape index (κ1) is 12.9. The van der Waals surface area contributed by atoms with Crippen LogP contribution in [0.25, 0.3) is 0 Å². The Morgan fingerprint density at radius 3 is 2.75 bits per heavy atom. The van der Waals surface area contributed by atoms with Gasteiger partial charge in [0.1, 0.15) is 0 Å². The molecule has 88 valence electrons. The molecule has 3 N–H and O–H groups in total. The maximum absolute atomic E-state index is 13.5. The Morgan fingerprint density at radius 1 is 1.56 bits per heavy atom. The highest BCUT2D eigenvalue weighted by Gasteiger charge is 2.21. The molecule has 3 nitrogen and oxygen atoms in total. The number of nitrogens with two attached hydrogens (primary N) is 1. The van der Waals surface area contributed by atoms with Crippen LogP contribution >= 0.6 is 11.6 Å². The number of rotatable bonds is 3. The molecule has 0 aromatic heterocycles. The SMILES string of the molecule is CC(C)(CN)NC(=O)c1cccc(Cl)c1F. The third-order valence-electron chi connectivity index (χ3n) is 2.16. The van der Waals surface area contributed by atoms with Crippen molar-refractivity contribution in [3.8, 4) is 0 Å². The predicted molar refractivity (Wildman–Crippen MR) is 62.0 cm³/mol. The van der Waals surface area contributed by atoms with E-state index in [2.05, 4.69) is 5.32 Å². The predicted octanol–water partition coefficient (Wildman–Crippen LogP) is 1.95. The molecule has 1 rings (SSSR count). The maximum atomic E-state index is 13.5. The number of halogens is 2. The molecular formula is C11H14ClFN2O. The number of hydrogen-bond acceptors (Lipinski definition) is 2. The monoisotopic (exact) mass is 244 g/mol. The van der Waals surface area contributed by atoms with Gasteiger partial charge < -0.3 is 11.1 Å². The summed E-state index contributed by atoms with van der Waals surface area (Å²) in [6.07, 6.45) is 0. The fourth-order valence-electron chi connectivity index (χ4n) is 1.10. The molecule has 0 atom stereocenters. The van der Waals surface area contributed by atoms with Crippen LogP contribution in [0, 0.1) is 5.82 Å². The Balaban J connectivity index is 2.94. The van der Waals surface area contributed by atoms with Crippen molar-refractivity contribution in [3.63, 3.8) is 0 Å². The van der Waals surface area contributed by atoms with E-state index in [1.165, 1.54) is 18.2 Å². The Morgan fingerprint density at radius 2 is 2.19 bits per heavy atom. The smallest absolute Gasteiger partial charge is 0.254 e. The second kappa shape index (κ2) is 4.80. The van der Waals surface area contributed by atoms with Crippen molar-refractivity contribution in [2.45, 2.75) is 19.4 Å². The first-order valence-corrected chi connectivity index (χ1v) is 5.22. The van der Waals surface area contributed by atoms with Crippen LogP contribution in [-0.4, -0.2) is 18.0 Å². The molecular weight excluding hydrogens is 231 g/mol. The molecule has 0 saturated heterocycles. The first-order valence-electron chi connectivity index (χ1n) is 4.84. The van der Waals surface area contributed by atoms with Crippen molar-refractivity contribution < 1.29 is 9.18 Å². The average Bonchev–Trinajstić information content (AvgIpc) is 2.21. The van der Waals surface area contributed by atoms with Crippen LogP contribution in [-0.2, 0) is 0 Å². The van der Waals surface area contributed by atoms with E-state index in [9.17, 15) is 9.18 Å². The van der Waals surface area contributed by atoms with Crippen molar-refractivity contribution >= 4 is 17.5 Å². The molecule has 0 unspecified atom stereocenters. The quantitative estimate of drug-likeness (QED) is 0.854. The van der Waals surface area contributed by atoms with Crippen LogP contribution in [0.4, 0.5) is 4.39 Å². The number of carbonyl (C=O) groups excluding carboxylic acids is 1. The third kappa shape index (κ3) is 2.93. The zero-order valence-corrected chi connectivity index (χ0v) is 9.94. The van der Waals surface area contributed by atoms with Gasteiger partial charge in [0.25, 0.3) is 5.91 Å². The molecule has 0 spiro atoms. The summed E-state index contributed by atoms with van der Waals surface area (Å²) in [4.78, 5) is 11.7. The van der Waals surface area contributed by atoms with Crippen molar-refractivity contribution in [2.24, 2.45) is 5.73 Å². The molecule has 16 heavy (non-hydrogen) atoms. The van der Waals surface area contributed by atoms with E-state index in [0.717, 1.165) is 0 Å². The van der Waals surface area contributed by atoms with Crippen molar-refractivity contribution in [1.29, 1.82) is 0 Å². The fraction of sp³-hybridized carbons (Fsp3) is 0.364. The van der Waals surface area contributed by atoms with Crippen LogP contribution in [0.1, 0.15) is 24.2 Å². The van der Waals surface area contributed by atoms with E-state index in [1.54, 1.807) is 13.8 Å². The zero-order chi connectivity index (χ0) is 12.3. The summed E-state index contributed by atoms with van der Waals surface area (Å²) in [6.45, 7) is 3.78. The molecule has 0 fully saturated rings. The minimum absolute atomic E-state index is 0.0711. The summed E-state index contributed by atoms with van der Waals surface area (Å²) in [5.74, 6) is -1.23. The highest BCUT2D eigenvalue weighted by molar-refractivity contribution is 6.31. The normalized spacial score (nSPS) is 11.3. The lowest BCUT2D eigenvalue weighted by molar-refractivity contribution is 0.0911. The average molecular weight is 245 g/mol. The molecule has 0 heterocycles. The number of amides is 1. The van der Waals surface area contributed by atoms with E-state index in [0.29, 0.717) is 0 Å². The lowest BCUT2D eigenvalue weighted by Crippen LogP contribution is -2.49. The van der Waals surface area contributed by atoms with E-state index in [4.69, 9.17) is 17.3 Å². The van der Waals surface area contributed by atoms with Crippen LogP contribution in [0.3, 0.4) is 0 Å². The van der Waals surface area contributed by atoms with Gasteiger partial charge in [0.15, 0.2) is 5.82 Å².